The van der Waals surface area contributed by atoms with E-state index in [1.54, 1.807) is 18.3 Å². The molecule has 2 N–H and O–H groups in total. The first-order valence-corrected chi connectivity index (χ1v) is 6.94. The van der Waals surface area contributed by atoms with E-state index in [-0.39, 0.29) is 0 Å². The van der Waals surface area contributed by atoms with Gasteiger partial charge in [0, 0.05) is 24.2 Å². The molecule has 5 heteroatoms. The molecular formula is C14H16N2O2S. The van der Waals surface area contributed by atoms with E-state index in [0.717, 1.165) is 24.2 Å². The minimum Gasteiger partial charge on any atom is -0.481 e. The normalized spacial score (nSPS) is 12.3. The number of aromatic nitrogens is 1. The molecule has 0 saturated heterocycles. The minimum atomic E-state index is -0.795. The summed E-state index contributed by atoms with van der Waals surface area (Å²) < 4.78 is 0. The van der Waals surface area contributed by atoms with Gasteiger partial charge in [0.05, 0.1) is 11.4 Å². The van der Waals surface area contributed by atoms with Crippen LogP contribution in [-0.2, 0) is 17.9 Å². The maximum Gasteiger partial charge on any atom is 0.310 e. The van der Waals surface area contributed by atoms with Crippen LogP contribution in [0.25, 0.3) is 0 Å². The molecule has 0 aliphatic rings. The van der Waals surface area contributed by atoms with Gasteiger partial charge in [0.25, 0.3) is 0 Å². The molecule has 0 aliphatic heterocycles. The second-order valence-electron chi connectivity index (χ2n) is 4.37. The minimum absolute atomic E-state index is 0.459. The van der Waals surface area contributed by atoms with Crippen LogP contribution in [0.2, 0.25) is 0 Å². The highest BCUT2D eigenvalue weighted by molar-refractivity contribution is 7.09. The van der Waals surface area contributed by atoms with E-state index in [9.17, 15) is 4.79 Å². The summed E-state index contributed by atoms with van der Waals surface area (Å²) in [5, 5.41) is 12.3. The molecule has 0 spiro atoms. The van der Waals surface area contributed by atoms with Crippen LogP contribution in [0.5, 0.6) is 0 Å². The molecule has 2 rings (SSSR count). The number of benzene rings is 1. The Morgan fingerprint density at radius 3 is 2.68 bits per heavy atom. The molecule has 0 aliphatic carbocycles. The van der Waals surface area contributed by atoms with E-state index >= 15 is 0 Å². The van der Waals surface area contributed by atoms with E-state index in [1.807, 2.05) is 36.0 Å². The Balaban J connectivity index is 1.86. The van der Waals surface area contributed by atoms with Crippen molar-refractivity contribution in [3.05, 3.63) is 52.0 Å². The molecule has 4 nitrogen and oxygen atoms in total. The summed E-state index contributed by atoms with van der Waals surface area (Å²) in [6.07, 6.45) is 1.86. The number of thiazole rings is 1. The summed E-state index contributed by atoms with van der Waals surface area (Å²) in [4.78, 5) is 16.1. The van der Waals surface area contributed by atoms with Crippen molar-refractivity contribution in [1.29, 1.82) is 0 Å². The number of carboxylic acids is 1. The zero-order chi connectivity index (χ0) is 13.7. The maximum absolute atomic E-state index is 10.9. The van der Waals surface area contributed by atoms with Crippen molar-refractivity contribution < 1.29 is 9.90 Å². The van der Waals surface area contributed by atoms with Gasteiger partial charge in [-0.1, -0.05) is 24.3 Å². The summed E-state index contributed by atoms with van der Waals surface area (Å²) >= 11 is 1.63. The van der Waals surface area contributed by atoms with Crippen LogP contribution in [0.1, 0.15) is 28.8 Å². The highest BCUT2D eigenvalue weighted by Gasteiger charge is 2.12. The number of aliphatic carboxylic acids is 1. The molecule has 0 amide bonds. The number of carboxylic acid groups (broad SMARTS) is 1. The summed E-state index contributed by atoms with van der Waals surface area (Å²) in [5.41, 5.74) is 3.79. The Labute approximate surface area is 116 Å². The lowest BCUT2D eigenvalue weighted by Gasteiger charge is -2.08. The molecular weight excluding hydrogens is 260 g/mol. The first kappa shape index (κ1) is 13.7. The SMILES string of the molecule is CC(C(=O)O)c1ccc(CNCc2cncs2)cc1. The van der Waals surface area contributed by atoms with Crippen molar-refractivity contribution in [2.75, 3.05) is 0 Å². The van der Waals surface area contributed by atoms with Crippen molar-refractivity contribution in [2.45, 2.75) is 25.9 Å². The smallest absolute Gasteiger partial charge is 0.310 e. The lowest BCUT2D eigenvalue weighted by molar-refractivity contribution is -0.138. The molecule has 0 fully saturated rings. The highest BCUT2D eigenvalue weighted by Crippen LogP contribution is 2.16. The fraction of sp³-hybridized carbons (Fsp3) is 0.286. The van der Waals surface area contributed by atoms with Crippen molar-refractivity contribution in [2.24, 2.45) is 0 Å². The van der Waals surface area contributed by atoms with Crippen LogP contribution < -0.4 is 5.32 Å². The predicted molar refractivity (Wildman–Crippen MR) is 75.2 cm³/mol. The van der Waals surface area contributed by atoms with Gasteiger partial charge in [0.15, 0.2) is 0 Å². The number of nitrogens with one attached hydrogen (secondary N) is 1. The third-order valence-electron chi connectivity index (χ3n) is 2.96. The molecule has 19 heavy (non-hydrogen) atoms. The van der Waals surface area contributed by atoms with Crippen molar-refractivity contribution >= 4 is 17.3 Å². The van der Waals surface area contributed by atoms with Crippen LogP contribution in [0.3, 0.4) is 0 Å². The van der Waals surface area contributed by atoms with E-state index in [4.69, 9.17) is 5.11 Å². The fourth-order valence-corrected chi connectivity index (χ4v) is 2.29. The Morgan fingerprint density at radius 1 is 1.37 bits per heavy atom. The van der Waals surface area contributed by atoms with E-state index in [2.05, 4.69) is 10.3 Å². The van der Waals surface area contributed by atoms with Gasteiger partial charge in [0.2, 0.25) is 0 Å². The zero-order valence-corrected chi connectivity index (χ0v) is 11.5. The number of nitrogens with zero attached hydrogens (tertiary/aromatic N) is 1. The largest absolute Gasteiger partial charge is 0.481 e. The van der Waals surface area contributed by atoms with Crippen molar-refractivity contribution in [1.82, 2.24) is 10.3 Å². The standard InChI is InChI=1S/C14H16N2O2S/c1-10(14(17)18)12-4-2-11(3-5-12)6-15-7-13-8-16-9-19-13/h2-5,8-10,15H,6-7H2,1H3,(H,17,18). The van der Waals surface area contributed by atoms with Gasteiger partial charge in [0.1, 0.15) is 0 Å². The number of hydrogen-bond donors (Lipinski definition) is 2. The van der Waals surface area contributed by atoms with E-state index in [1.165, 1.54) is 4.88 Å². The van der Waals surface area contributed by atoms with Gasteiger partial charge in [-0.2, -0.15) is 0 Å². The highest BCUT2D eigenvalue weighted by atomic mass is 32.1. The maximum atomic E-state index is 10.9. The number of hydrogen-bond acceptors (Lipinski definition) is 4. The van der Waals surface area contributed by atoms with Gasteiger partial charge in [-0.15, -0.1) is 11.3 Å². The summed E-state index contributed by atoms with van der Waals surface area (Å²) in [7, 11) is 0. The zero-order valence-electron chi connectivity index (χ0n) is 10.7. The fourth-order valence-electron chi connectivity index (χ4n) is 1.73. The monoisotopic (exact) mass is 276 g/mol. The van der Waals surface area contributed by atoms with Crippen molar-refractivity contribution in [3.8, 4) is 0 Å². The Morgan fingerprint density at radius 2 is 2.11 bits per heavy atom. The van der Waals surface area contributed by atoms with Crippen molar-refractivity contribution in [3.63, 3.8) is 0 Å². The predicted octanol–water partition coefficient (Wildman–Crippen LogP) is 2.62. The molecule has 0 saturated carbocycles. The molecule has 0 radical (unpaired) electrons. The van der Waals surface area contributed by atoms with Crippen LogP contribution in [0, 0.1) is 0 Å². The van der Waals surface area contributed by atoms with Crippen LogP contribution >= 0.6 is 11.3 Å². The third kappa shape index (κ3) is 3.87. The molecule has 100 valence electrons. The van der Waals surface area contributed by atoms with Gasteiger partial charge in [-0.25, -0.2) is 0 Å². The lowest BCUT2D eigenvalue weighted by atomic mass is 10.0. The number of carbonyl (C=O) groups is 1. The van der Waals surface area contributed by atoms with Gasteiger partial charge in [-0.3, -0.25) is 9.78 Å². The summed E-state index contributed by atoms with van der Waals surface area (Å²) in [5.74, 6) is -1.25. The molecule has 1 unspecified atom stereocenters. The Bertz CT molecular complexity index is 523. The van der Waals surface area contributed by atoms with Gasteiger partial charge in [-0.05, 0) is 18.1 Å². The third-order valence-corrected chi connectivity index (χ3v) is 3.74. The summed E-state index contributed by atoms with van der Waals surface area (Å²) in [6, 6.07) is 7.69. The Kier molecular flexibility index (Phi) is 4.65. The van der Waals surface area contributed by atoms with E-state index < -0.39 is 11.9 Å². The second kappa shape index (κ2) is 6.45. The van der Waals surface area contributed by atoms with Crippen LogP contribution in [0.4, 0.5) is 0 Å². The first-order chi connectivity index (χ1) is 9.16. The molecule has 0 bridgehead atoms. The molecule has 1 aromatic carbocycles. The topological polar surface area (TPSA) is 62.2 Å². The Hall–Kier alpha value is -1.72. The lowest BCUT2D eigenvalue weighted by Crippen LogP contribution is -2.12. The average molecular weight is 276 g/mol. The first-order valence-electron chi connectivity index (χ1n) is 6.06. The molecule has 1 atom stereocenters. The quantitative estimate of drug-likeness (QED) is 0.851. The molecule has 1 heterocycles. The number of rotatable bonds is 6. The molecule has 2 aromatic rings. The summed E-state index contributed by atoms with van der Waals surface area (Å²) in [6.45, 7) is 3.26. The second-order valence-corrected chi connectivity index (χ2v) is 5.34. The van der Waals surface area contributed by atoms with Gasteiger partial charge < -0.3 is 10.4 Å². The average Bonchev–Trinajstić information content (AvgIpc) is 2.92. The van der Waals surface area contributed by atoms with E-state index in [0.29, 0.717) is 0 Å². The van der Waals surface area contributed by atoms with Crippen LogP contribution in [-0.4, -0.2) is 16.1 Å². The molecule has 1 aromatic heterocycles. The van der Waals surface area contributed by atoms with Crippen LogP contribution in [0.15, 0.2) is 36.0 Å². The van der Waals surface area contributed by atoms with Gasteiger partial charge >= 0.3 is 5.97 Å².